The van der Waals surface area contributed by atoms with Crippen molar-refractivity contribution in [1.82, 2.24) is 14.9 Å². The van der Waals surface area contributed by atoms with Gasteiger partial charge in [-0.25, -0.2) is 4.68 Å². The van der Waals surface area contributed by atoms with Crippen LogP contribution in [0.2, 0.25) is 0 Å². The van der Waals surface area contributed by atoms with Gasteiger partial charge in [-0.2, -0.15) is 0 Å². The summed E-state index contributed by atoms with van der Waals surface area (Å²) in [6.07, 6.45) is 0. The van der Waals surface area contributed by atoms with Crippen LogP contribution in [0.1, 0.15) is 5.56 Å². The van der Waals surface area contributed by atoms with E-state index in [9.17, 15) is 4.79 Å². The molecule has 0 aliphatic carbocycles. The molecule has 3 N–H and O–H groups in total. The van der Waals surface area contributed by atoms with Gasteiger partial charge in [0.15, 0.2) is 17.3 Å². The van der Waals surface area contributed by atoms with Crippen LogP contribution in [0.25, 0.3) is 11.4 Å². The van der Waals surface area contributed by atoms with Crippen molar-refractivity contribution in [3.63, 3.8) is 0 Å². The van der Waals surface area contributed by atoms with Crippen LogP contribution in [0, 0.1) is 6.92 Å². The maximum Gasteiger partial charge on any atom is 0.234 e. The average Bonchev–Trinajstić information content (AvgIpc) is 3.08. The summed E-state index contributed by atoms with van der Waals surface area (Å²) in [5.74, 6) is 7.76. The minimum absolute atomic E-state index is 0.150. The monoisotopic (exact) mass is 477 g/mol. The number of nitrogen functional groups attached to an aromatic ring is 1. The molecule has 0 radical (unpaired) electrons. The van der Waals surface area contributed by atoms with Gasteiger partial charge in [0.1, 0.15) is 0 Å². The van der Waals surface area contributed by atoms with Crippen LogP contribution in [0.5, 0.6) is 11.5 Å². The Kier molecular flexibility index (Phi) is 6.65. The van der Waals surface area contributed by atoms with Crippen molar-refractivity contribution >= 4 is 39.3 Å². The molecule has 0 saturated heterocycles. The zero-order valence-corrected chi connectivity index (χ0v) is 18.5. The number of rotatable bonds is 7. The van der Waals surface area contributed by atoms with E-state index in [-0.39, 0.29) is 11.7 Å². The summed E-state index contributed by atoms with van der Waals surface area (Å²) in [5, 5.41) is 11.5. The number of carbonyl (C=O) groups is 1. The SMILES string of the molecule is COc1ccc(-c2nnc(SCC(=O)Nc3ccc(Br)cc3C)n2N)cc1OC. The van der Waals surface area contributed by atoms with Crippen molar-refractivity contribution in [2.24, 2.45) is 0 Å². The Bertz CT molecular complexity index is 1040. The van der Waals surface area contributed by atoms with E-state index in [1.807, 2.05) is 31.2 Å². The number of hydrogen-bond donors (Lipinski definition) is 2. The summed E-state index contributed by atoms with van der Waals surface area (Å²) in [4.78, 5) is 12.3. The molecule has 2 aromatic carbocycles. The van der Waals surface area contributed by atoms with Crippen LogP contribution in [-0.4, -0.2) is 40.8 Å². The Balaban J connectivity index is 1.69. The van der Waals surface area contributed by atoms with E-state index >= 15 is 0 Å². The van der Waals surface area contributed by atoms with E-state index in [4.69, 9.17) is 15.3 Å². The largest absolute Gasteiger partial charge is 0.493 e. The summed E-state index contributed by atoms with van der Waals surface area (Å²) >= 11 is 4.61. The third-order valence-electron chi connectivity index (χ3n) is 4.10. The van der Waals surface area contributed by atoms with E-state index in [1.54, 1.807) is 26.4 Å². The molecular weight excluding hydrogens is 458 g/mol. The van der Waals surface area contributed by atoms with Crippen molar-refractivity contribution in [2.75, 3.05) is 31.1 Å². The normalized spacial score (nSPS) is 10.6. The average molecular weight is 478 g/mol. The fourth-order valence-electron chi connectivity index (χ4n) is 2.63. The molecule has 0 aliphatic heterocycles. The van der Waals surface area contributed by atoms with Crippen LogP contribution in [0.15, 0.2) is 46.0 Å². The second kappa shape index (κ2) is 9.19. The number of ether oxygens (including phenoxy) is 2. The third kappa shape index (κ3) is 4.83. The zero-order valence-electron chi connectivity index (χ0n) is 16.1. The number of carbonyl (C=O) groups excluding carboxylic acids is 1. The summed E-state index contributed by atoms with van der Waals surface area (Å²) in [7, 11) is 3.13. The first-order chi connectivity index (χ1) is 13.9. The Labute approximate surface area is 180 Å². The fourth-order valence-corrected chi connectivity index (χ4v) is 3.76. The molecular formula is C19H20BrN5O3S. The van der Waals surface area contributed by atoms with Gasteiger partial charge < -0.3 is 20.6 Å². The number of methoxy groups -OCH3 is 2. The molecule has 1 aromatic heterocycles. The van der Waals surface area contributed by atoms with Gasteiger partial charge in [-0.05, 0) is 48.9 Å². The van der Waals surface area contributed by atoms with Crippen LogP contribution in [0.4, 0.5) is 5.69 Å². The molecule has 10 heteroatoms. The zero-order chi connectivity index (χ0) is 21.0. The number of amides is 1. The molecule has 0 spiro atoms. The summed E-state index contributed by atoms with van der Waals surface area (Å²) in [6.45, 7) is 1.93. The maximum absolute atomic E-state index is 12.3. The van der Waals surface area contributed by atoms with Crippen molar-refractivity contribution in [2.45, 2.75) is 12.1 Å². The number of nitrogens with zero attached hydrogens (tertiary/aromatic N) is 3. The maximum atomic E-state index is 12.3. The van der Waals surface area contributed by atoms with Gasteiger partial charge in [-0.3, -0.25) is 4.79 Å². The van der Waals surface area contributed by atoms with Crippen LogP contribution >= 0.6 is 27.7 Å². The van der Waals surface area contributed by atoms with Crippen molar-refractivity contribution in [1.29, 1.82) is 0 Å². The number of benzene rings is 2. The van der Waals surface area contributed by atoms with Gasteiger partial charge in [0.05, 0.1) is 20.0 Å². The molecule has 0 atom stereocenters. The first kappa shape index (κ1) is 21.0. The standard InChI is InChI=1S/C19H20BrN5O3S/c1-11-8-13(20)5-6-14(11)22-17(26)10-29-19-24-23-18(25(19)21)12-4-7-15(27-2)16(9-12)28-3/h4-9H,10,21H2,1-3H3,(H,22,26). The lowest BCUT2D eigenvalue weighted by Crippen LogP contribution is -2.17. The Hall–Kier alpha value is -2.72. The van der Waals surface area contributed by atoms with E-state index < -0.39 is 0 Å². The molecule has 0 fully saturated rings. The number of halogens is 1. The van der Waals surface area contributed by atoms with E-state index in [2.05, 4.69) is 31.4 Å². The number of nitrogens with one attached hydrogen (secondary N) is 1. The molecule has 0 aliphatic rings. The summed E-state index contributed by atoms with van der Waals surface area (Å²) in [6, 6.07) is 11.0. The molecule has 3 aromatic rings. The number of thioether (sulfide) groups is 1. The second-order valence-corrected chi connectivity index (χ2v) is 7.90. The Morgan fingerprint density at radius 3 is 2.62 bits per heavy atom. The molecule has 152 valence electrons. The molecule has 29 heavy (non-hydrogen) atoms. The number of hydrogen-bond acceptors (Lipinski definition) is 7. The molecule has 0 unspecified atom stereocenters. The highest BCUT2D eigenvalue weighted by Gasteiger charge is 2.16. The van der Waals surface area contributed by atoms with Crippen LogP contribution in [0.3, 0.4) is 0 Å². The molecule has 3 rings (SSSR count). The van der Waals surface area contributed by atoms with Crippen molar-refractivity contribution < 1.29 is 14.3 Å². The first-order valence-corrected chi connectivity index (χ1v) is 10.3. The lowest BCUT2D eigenvalue weighted by atomic mass is 10.2. The number of anilines is 1. The lowest BCUT2D eigenvalue weighted by Gasteiger charge is -2.10. The number of aromatic nitrogens is 3. The predicted octanol–water partition coefficient (Wildman–Crippen LogP) is 3.48. The van der Waals surface area contributed by atoms with Crippen molar-refractivity contribution in [3.8, 4) is 22.9 Å². The predicted molar refractivity (Wildman–Crippen MR) is 117 cm³/mol. The summed E-state index contributed by atoms with van der Waals surface area (Å²) < 4.78 is 12.9. The van der Waals surface area contributed by atoms with E-state index in [1.165, 1.54) is 16.4 Å². The molecule has 0 saturated carbocycles. The Morgan fingerprint density at radius 1 is 1.17 bits per heavy atom. The van der Waals surface area contributed by atoms with Crippen molar-refractivity contribution in [3.05, 3.63) is 46.4 Å². The highest BCUT2D eigenvalue weighted by Crippen LogP contribution is 2.32. The highest BCUT2D eigenvalue weighted by molar-refractivity contribution is 9.10. The molecule has 1 heterocycles. The van der Waals surface area contributed by atoms with Gasteiger partial charge in [0, 0.05) is 15.7 Å². The minimum atomic E-state index is -0.156. The summed E-state index contributed by atoms with van der Waals surface area (Å²) in [5.41, 5.74) is 2.45. The Morgan fingerprint density at radius 2 is 1.93 bits per heavy atom. The highest BCUT2D eigenvalue weighted by atomic mass is 79.9. The molecule has 1 amide bonds. The smallest absolute Gasteiger partial charge is 0.234 e. The van der Waals surface area contributed by atoms with Crippen LogP contribution in [-0.2, 0) is 4.79 Å². The van der Waals surface area contributed by atoms with Gasteiger partial charge in [-0.1, -0.05) is 27.7 Å². The third-order valence-corrected chi connectivity index (χ3v) is 5.54. The van der Waals surface area contributed by atoms with Gasteiger partial charge in [0.2, 0.25) is 11.1 Å². The van der Waals surface area contributed by atoms with Gasteiger partial charge >= 0.3 is 0 Å². The van der Waals surface area contributed by atoms with E-state index in [0.29, 0.717) is 22.5 Å². The molecule has 0 bridgehead atoms. The van der Waals surface area contributed by atoms with E-state index in [0.717, 1.165) is 21.3 Å². The number of aryl methyl sites for hydroxylation is 1. The first-order valence-electron chi connectivity index (χ1n) is 8.54. The van der Waals surface area contributed by atoms with Crippen LogP contribution < -0.4 is 20.6 Å². The second-order valence-electron chi connectivity index (χ2n) is 6.04. The lowest BCUT2D eigenvalue weighted by molar-refractivity contribution is -0.113. The minimum Gasteiger partial charge on any atom is -0.493 e. The molecule has 8 nitrogen and oxygen atoms in total. The quantitative estimate of drug-likeness (QED) is 0.396. The van der Waals surface area contributed by atoms with Gasteiger partial charge in [0.25, 0.3) is 0 Å². The van der Waals surface area contributed by atoms with Gasteiger partial charge in [-0.15, -0.1) is 10.2 Å². The fraction of sp³-hybridized carbons (Fsp3) is 0.211. The topological polar surface area (TPSA) is 104 Å². The number of nitrogens with two attached hydrogens (primary N) is 1.